The average molecular weight is 367 g/mol. The van der Waals surface area contributed by atoms with Crippen LogP contribution in [0.15, 0.2) is 41.3 Å². The van der Waals surface area contributed by atoms with E-state index in [1.54, 1.807) is 29.3 Å². The lowest BCUT2D eigenvalue weighted by molar-refractivity contribution is 0.0942. The van der Waals surface area contributed by atoms with Crippen LogP contribution >= 0.6 is 0 Å². The van der Waals surface area contributed by atoms with Crippen LogP contribution in [-0.4, -0.2) is 37.1 Å². The molecular weight excluding hydrogens is 346 g/mol. The molecule has 3 N–H and O–H groups in total. The third-order valence-corrected chi connectivity index (χ3v) is 4.80. The van der Waals surface area contributed by atoms with Crippen molar-refractivity contribution in [2.45, 2.75) is 44.3 Å². The van der Waals surface area contributed by atoms with Crippen molar-refractivity contribution >= 4 is 5.91 Å². The normalized spacial score (nSPS) is 19.7. The number of nitrogens with zero attached hydrogens (tertiary/aromatic N) is 5. The van der Waals surface area contributed by atoms with Gasteiger partial charge in [0.1, 0.15) is 5.69 Å². The summed E-state index contributed by atoms with van der Waals surface area (Å²) in [6.07, 6.45) is 8.95. The van der Waals surface area contributed by atoms with Crippen molar-refractivity contribution in [3.05, 3.63) is 48.2 Å². The first kappa shape index (κ1) is 17.3. The maximum Gasteiger partial charge on any atom is 0.273 e. The van der Waals surface area contributed by atoms with Gasteiger partial charge in [0, 0.05) is 30.1 Å². The van der Waals surface area contributed by atoms with Crippen LogP contribution in [0.3, 0.4) is 0 Å². The van der Waals surface area contributed by atoms with Gasteiger partial charge in [-0.05, 0) is 37.8 Å². The Hall–Kier alpha value is -3.07. The van der Waals surface area contributed by atoms with Crippen LogP contribution in [0.2, 0.25) is 0 Å². The van der Waals surface area contributed by atoms with E-state index >= 15 is 0 Å². The molecule has 0 spiro atoms. The summed E-state index contributed by atoms with van der Waals surface area (Å²) in [5, 5.41) is 14.9. The molecule has 1 amide bonds. The van der Waals surface area contributed by atoms with Gasteiger partial charge in [0.15, 0.2) is 11.5 Å². The number of carbonyl (C=O) groups excluding carboxylic acids is 1. The van der Waals surface area contributed by atoms with Crippen molar-refractivity contribution in [3.8, 4) is 11.3 Å². The van der Waals surface area contributed by atoms with E-state index < -0.39 is 0 Å². The van der Waals surface area contributed by atoms with Gasteiger partial charge in [-0.1, -0.05) is 10.4 Å². The molecule has 3 aromatic rings. The zero-order valence-electron chi connectivity index (χ0n) is 14.8. The van der Waals surface area contributed by atoms with Gasteiger partial charge in [-0.2, -0.15) is 0 Å². The number of hydrogen-bond acceptors (Lipinski definition) is 7. The van der Waals surface area contributed by atoms with Crippen molar-refractivity contribution in [2.24, 2.45) is 5.73 Å². The zero-order chi connectivity index (χ0) is 18.6. The van der Waals surface area contributed by atoms with Crippen LogP contribution in [0.25, 0.3) is 11.3 Å². The number of nitrogens with two attached hydrogens (primary N) is 1. The van der Waals surface area contributed by atoms with E-state index in [9.17, 15) is 4.79 Å². The fraction of sp³-hybridized carbons (Fsp3) is 0.389. The summed E-state index contributed by atoms with van der Waals surface area (Å²) in [6.45, 7) is 0.219. The number of amides is 1. The van der Waals surface area contributed by atoms with Gasteiger partial charge >= 0.3 is 0 Å². The fourth-order valence-electron chi connectivity index (χ4n) is 3.23. The molecule has 1 saturated carbocycles. The van der Waals surface area contributed by atoms with Crippen LogP contribution in [0.4, 0.5) is 0 Å². The minimum absolute atomic E-state index is 0.219. The van der Waals surface area contributed by atoms with Gasteiger partial charge in [-0.25, -0.2) is 4.68 Å². The first-order valence-corrected chi connectivity index (χ1v) is 9.00. The van der Waals surface area contributed by atoms with Crippen LogP contribution in [0.5, 0.6) is 0 Å². The van der Waals surface area contributed by atoms with E-state index in [1.165, 1.54) is 0 Å². The molecule has 0 aromatic carbocycles. The lowest BCUT2D eigenvalue weighted by Gasteiger charge is -2.25. The number of carbonyl (C=O) groups is 1. The molecule has 0 bridgehead atoms. The molecule has 0 radical (unpaired) electrons. The molecule has 3 aromatic heterocycles. The summed E-state index contributed by atoms with van der Waals surface area (Å²) in [6, 6.07) is 6.03. The van der Waals surface area contributed by atoms with Gasteiger partial charge in [0.25, 0.3) is 5.91 Å². The first-order chi connectivity index (χ1) is 13.2. The molecule has 0 unspecified atom stereocenters. The topological polar surface area (TPSA) is 125 Å². The van der Waals surface area contributed by atoms with Gasteiger partial charge in [0.2, 0.25) is 0 Å². The zero-order valence-corrected chi connectivity index (χ0v) is 14.8. The fourth-order valence-corrected chi connectivity index (χ4v) is 3.23. The molecule has 0 aliphatic heterocycles. The van der Waals surface area contributed by atoms with E-state index in [4.69, 9.17) is 10.3 Å². The third-order valence-electron chi connectivity index (χ3n) is 4.80. The van der Waals surface area contributed by atoms with Gasteiger partial charge in [-0.15, -0.1) is 5.10 Å². The summed E-state index contributed by atoms with van der Waals surface area (Å²) in [4.78, 5) is 16.4. The summed E-state index contributed by atoms with van der Waals surface area (Å²) in [5.74, 6) is 0.254. The second-order valence-electron chi connectivity index (χ2n) is 6.76. The third kappa shape index (κ3) is 4.03. The minimum Gasteiger partial charge on any atom is -0.359 e. The summed E-state index contributed by atoms with van der Waals surface area (Å²) < 4.78 is 7.04. The molecule has 9 nitrogen and oxygen atoms in total. The lowest BCUT2D eigenvalue weighted by atomic mass is 9.92. The van der Waals surface area contributed by atoms with Crippen LogP contribution in [0, 0.1) is 0 Å². The van der Waals surface area contributed by atoms with Crippen molar-refractivity contribution in [1.29, 1.82) is 0 Å². The predicted octanol–water partition coefficient (Wildman–Crippen LogP) is 1.70. The number of rotatable bonds is 5. The quantitative estimate of drug-likeness (QED) is 0.703. The number of aromatic nitrogens is 5. The molecule has 27 heavy (non-hydrogen) atoms. The van der Waals surface area contributed by atoms with Gasteiger partial charge < -0.3 is 15.6 Å². The van der Waals surface area contributed by atoms with Crippen LogP contribution in [-0.2, 0) is 6.54 Å². The monoisotopic (exact) mass is 367 g/mol. The molecule has 1 aliphatic rings. The molecule has 140 valence electrons. The Labute approximate surface area is 155 Å². The van der Waals surface area contributed by atoms with E-state index in [0.717, 1.165) is 31.2 Å². The van der Waals surface area contributed by atoms with Crippen molar-refractivity contribution < 1.29 is 9.32 Å². The Morgan fingerprint density at radius 1 is 1.33 bits per heavy atom. The second-order valence-corrected chi connectivity index (χ2v) is 6.76. The summed E-state index contributed by atoms with van der Waals surface area (Å²) >= 11 is 0. The molecule has 1 aliphatic carbocycles. The lowest BCUT2D eigenvalue weighted by Crippen LogP contribution is -2.28. The maximum absolute atomic E-state index is 12.3. The maximum atomic E-state index is 12.3. The molecule has 1 fully saturated rings. The van der Waals surface area contributed by atoms with E-state index in [0.29, 0.717) is 11.5 Å². The Balaban J connectivity index is 1.34. The van der Waals surface area contributed by atoms with Gasteiger partial charge in [-0.3, -0.25) is 9.78 Å². The summed E-state index contributed by atoms with van der Waals surface area (Å²) in [5.41, 5.74) is 7.75. The second kappa shape index (κ2) is 7.67. The van der Waals surface area contributed by atoms with Crippen LogP contribution in [0.1, 0.15) is 48.0 Å². The van der Waals surface area contributed by atoms with Crippen molar-refractivity contribution in [1.82, 2.24) is 30.5 Å². The standard InChI is InChI=1S/C18H21N7O2/c19-13-3-5-14(6-4-13)25-11-17(22-24-25)18(26)21-10-15-8-16(23-27-15)12-2-1-7-20-9-12/h1-2,7-9,11,13-14H,3-6,10,19H2,(H,21,26). The van der Waals surface area contributed by atoms with Gasteiger partial charge in [0.05, 0.1) is 18.8 Å². The number of nitrogens with one attached hydrogen (secondary N) is 1. The highest BCUT2D eigenvalue weighted by molar-refractivity contribution is 5.91. The van der Waals surface area contributed by atoms with Crippen LogP contribution < -0.4 is 11.1 Å². The molecular formula is C18H21N7O2. The number of hydrogen-bond donors (Lipinski definition) is 2. The first-order valence-electron chi connectivity index (χ1n) is 9.00. The molecule has 0 atom stereocenters. The Morgan fingerprint density at radius 2 is 2.19 bits per heavy atom. The molecule has 9 heteroatoms. The Bertz CT molecular complexity index is 897. The Kier molecular flexibility index (Phi) is 4.93. The van der Waals surface area contributed by atoms with E-state index in [-0.39, 0.29) is 30.2 Å². The minimum atomic E-state index is -0.298. The van der Waals surface area contributed by atoms with Crippen molar-refractivity contribution in [2.75, 3.05) is 0 Å². The average Bonchev–Trinajstić information content (AvgIpc) is 3.37. The molecule has 4 rings (SSSR count). The Morgan fingerprint density at radius 3 is 2.96 bits per heavy atom. The molecule has 3 heterocycles. The van der Waals surface area contributed by atoms with Crippen molar-refractivity contribution in [3.63, 3.8) is 0 Å². The predicted molar refractivity (Wildman–Crippen MR) is 96.4 cm³/mol. The highest BCUT2D eigenvalue weighted by Gasteiger charge is 2.22. The number of pyridine rings is 1. The molecule has 0 saturated heterocycles. The summed E-state index contributed by atoms with van der Waals surface area (Å²) in [7, 11) is 0. The SMILES string of the molecule is NC1CCC(n2cc(C(=O)NCc3cc(-c4cccnc4)no3)nn2)CC1. The smallest absolute Gasteiger partial charge is 0.273 e. The highest BCUT2D eigenvalue weighted by atomic mass is 16.5. The largest absolute Gasteiger partial charge is 0.359 e. The highest BCUT2D eigenvalue weighted by Crippen LogP contribution is 2.26. The van der Waals surface area contributed by atoms with E-state index in [2.05, 4.69) is 25.8 Å². The van der Waals surface area contributed by atoms with E-state index in [1.807, 2.05) is 12.1 Å².